The minimum absolute atomic E-state index is 0.258. The lowest BCUT2D eigenvalue weighted by Gasteiger charge is -2.11. The number of carbonyl (C=O) groups excluding carboxylic acids is 1. The average Bonchev–Trinajstić information content (AvgIpc) is 3.15. The number of pyridine rings is 1. The Morgan fingerprint density at radius 1 is 1.30 bits per heavy atom. The molecule has 0 aliphatic heterocycles. The van der Waals surface area contributed by atoms with E-state index < -0.39 is 0 Å². The smallest absolute Gasteiger partial charge is 0.287 e. The van der Waals surface area contributed by atoms with Crippen molar-refractivity contribution < 1.29 is 13.9 Å². The van der Waals surface area contributed by atoms with Crippen LogP contribution in [0.5, 0.6) is 5.75 Å². The Morgan fingerprint density at radius 2 is 2.15 bits per heavy atom. The van der Waals surface area contributed by atoms with Crippen molar-refractivity contribution in [3.63, 3.8) is 0 Å². The van der Waals surface area contributed by atoms with Crippen LogP contribution in [-0.2, 0) is 6.42 Å². The fourth-order valence-corrected chi connectivity index (χ4v) is 2.86. The Hall–Kier alpha value is -3.22. The molecule has 0 aliphatic rings. The van der Waals surface area contributed by atoms with E-state index in [1.807, 2.05) is 25.1 Å². The van der Waals surface area contributed by atoms with Gasteiger partial charge in [0.25, 0.3) is 5.91 Å². The number of carbonyl (C=O) groups is 1. The van der Waals surface area contributed by atoms with Gasteiger partial charge in [-0.25, -0.2) is 9.37 Å². The number of imidazole rings is 1. The molecule has 0 radical (unpaired) electrons. The first-order valence-corrected chi connectivity index (χ1v) is 8.64. The van der Waals surface area contributed by atoms with Gasteiger partial charge in [0.05, 0.1) is 13.3 Å². The van der Waals surface area contributed by atoms with Gasteiger partial charge in [0.15, 0.2) is 0 Å². The van der Waals surface area contributed by atoms with E-state index >= 15 is 0 Å². The van der Waals surface area contributed by atoms with Crippen molar-refractivity contribution in [2.24, 2.45) is 0 Å². The summed E-state index contributed by atoms with van der Waals surface area (Å²) >= 11 is 0. The summed E-state index contributed by atoms with van der Waals surface area (Å²) in [5.74, 6) is 0.489. The van der Waals surface area contributed by atoms with Gasteiger partial charge in [0.2, 0.25) is 5.82 Å². The predicted octanol–water partition coefficient (Wildman–Crippen LogP) is 3.09. The van der Waals surface area contributed by atoms with E-state index in [2.05, 4.69) is 15.3 Å². The zero-order valence-electron chi connectivity index (χ0n) is 15.3. The van der Waals surface area contributed by atoms with Crippen LogP contribution in [0, 0.1) is 12.7 Å². The second kappa shape index (κ2) is 8.44. The predicted molar refractivity (Wildman–Crippen MR) is 99.7 cm³/mol. The van der Waals surface area contributed by atoms with E-state index in [1.54, 1.807) is 30.3 Å². The second-order valence-corrected chi connectivity index (χ2v) is 6.15. The molecule has 0 atom stereocenters. The quantitative estimate of drug-likeness (QED) is 0.651. The highest BCUT2D eigenvalue weighted by atomic mass is 19.1. The Morgan fingerprint density at radius 3 is 2.89 bits per heavy atom. The van der Waals surface area contributed by atoms with Crippen molar-refractivity contribution in [1.82, 2.24) is 19.9 Å². The summed E-state index contributed by atoms with van der Waals surface area (Å²) in [5.41, 5.74) is 2.61. The zero-order valence-corrected chi connectivity index (χ0v) is 15.3. The number of nitrogens with one attached hydrogen (secondary N) is 1. The molecule has 2 heterocycles. The lowest BCUT2D eigenvalue weighted by atomic mass is 10.1. The van der Waals surface area contributed by atoms with Gasteiger partial charge in [-0.3, -0.25) is 14.3 Å². The van der Waals surface area contributed by atoms with Crippen LogP contribution >= 0.6 is 0 Å². The molecule has 0 saturated carbocycles. The second-order valence-electron chi connectivity index (χ2n) is 6.15. The van der Waals surface area contributed by atoms with Crippen LogP contribution in [-0.4, -0.2) is 34.1 Å². The van der Waals surface area contributed by atoms with Gasteiger partial charge in [0.1, 0.15) is 11.6 Å². The number of rotatable bonds is 7. The number of methoxy groups -OCH3 is 1. The molecule has 0 saturated heterocycles. The highest BCUT2D eigenvalue weighted by Crippen LogP contribution is 2.21. The van der Waals surface area contributed by atoms with Crippen LogP contribution in [0.3, 0.4) is 0 Å². The standard InChI is InChI=1S/C20H21FN4O2/c1-14-10-17(5-6-18(14)27-2)25-9-8-23-19(25)20(26)24-7-3-4-15-11-16(21)13-22-12-15/h5-6,8-13H,3-4,7H2,1-2H3,(H,24,26). The number of halogens is 1. The highest BCUT2D eigenvalue weighted by Gasteiger charge is 2.14. The van der Waals surface area contributed by atoms with Crippen molar-refractivity contribution in [2.75, 3.05) is 13.7 Å². The molecule has 1 aromatic carbocycles. The fraction of sp³-hybridized carbons (Fsp3) is 0.250. The molecular formula is C20H21FN4O2. The Balaban J connectivity index is 1.61. The molecule has 7 heteroatoms. The summed E-state index contributed by atoms with van der Waals surface area (Å²) in [4.78, 5) is 20.5. The normalized spacial score (nSPS) is 10.6. The van der Waals surface area contributed by atoms with Gasteiger partial charge in [-0.1, -0.05) is 0 Å². The van der Waals surface area contributed by atoms with E-state index in [1.165, 1.54) is 12.3 Å². The highest BCUT2D eigenvalue weighted by molar-refractivity contribution is 5.91. The minimum atomic E-state index is -0.353. The molecule has 0 aliphatic carbocycles. The number of amides is 1. The van der Waals surface area contributed by atoms with Crippen molar-refractivity contribution in [1.29, 1.82) is 0 Å². The fourth-order valence-electron chi connectivity index (χ4n) is 2.86. The number of ether oxygens (including phenoxy) is 1. The third-order valence-electron chi connectivity index (χ3n) is 4.19. The number of benzene rings is 1. The monoisotopic (exact) mass is 368 g/mol. The molecule has 0 spiro atoms. The third-order valence-corrected chi connectivity index (χ3v) is 4.19. The molecule has 27 heavy (non-hydrogen) atoms. The first kappa shape index (κ1) is 18.6. The molecular weight excluding hydrogens is 347 g/mol. The van der Waals surface area contributed by atoms with Crippen molar-refractivity contribution >= 4 is 5.91 Å². The molecule has 0 unspecified atom stereocenters. The molecule has 6 nitrogen and oxygen atoms in total. The summed E-state index contributed by atoms with van der Waals surface area (Å²) in [6, 6.07) is 7.13. The Bertz CT molecular complexity index is 939. The minimum Gasteiger partial charge on any atom is -0.496 e. The lowest BCUT2D eigenvalue weighted by molar-refractivity contribution is 0.0941. The van der Waals surface area contributed by atoms with E-state index in [0.717, 1.165) is 22.6 Å². The van der Waals surface area contributed by atoms with Crippen LogP contribution in [0.15, 0.2) is 49.1 Å². The maximum Gasteiger partial charge on any atom is 0.287 e. The summed E-state index contributed by atoms with van der Waals surface area (Å²) in [5, 5.41) is 2.86. The summed E-state index contributed by atoms with van der Waals surface area (Å²) < 4.78 is 20.1. The van der Waals surface area contributed by atoms with Crippen LogP contribution in [0.25, 0.3) is 5.69 Å². The SMILES string of the molecule is COc1ccc(-n2ccnc2C(=O)NCCCc2cncc(F)c2)cc1C. The van der Waals surface area contributed by atoms with E-state index in [4.69, 9.17) is 4.74 Å². The Kier molecular flexibility index (Phi) is 5.80. The summed E-state index contributed by atoms with van der Waals surface area (Å²) in [6.45, 7) is 2.41. The molecule has 3 aromatic rings. The maximum atomic E-state index is 13.1. The number of aryl methyl sites for hydroxylation is 2. The van der Waals surface area contributed by atoms with Crippen molar-refractivity contribution in [3.8, 4) is 11.4 Å². The molecule has 0 bridgehead atoms. The van der Waals surface area contributed by atoms with E-state index in [-0.39, 0.29) is 11.7 Å². The van der Waals surface area contributed by atoms with E-state index in [0.29, 0.717) is 25.2 Å². The van der Waals surface area contributed by atoms with Gasteiger partial charge < -0.3 is 10.1 Å². The average molecular weight is 368 g/mol. The number of nitrogens with zero attached hydrogens (tertiary/aromatic N) is 3. The molecule has 2 aromatic heterocycles. The van der Waals surface area contributed by atoms with Crippen LogP contribution in [0.4, 0.5) is 4.39 Å². The van der Waals surface area contributed by atoms with Gasteiger partial charge in [-0.15, -0.1) is 0 Å². The largest absolute Gasteiger partial charge is 0.496 e. The van der Waals surface area contributed by atoms with Gasteiger partial charge in [0, 0.05) is 30.8 Å². The Labute approximate surface area is 157 Å². The number of hydrogen-bond acceptors (Lipinski definition) is 4. The number of aromatic nitrogens is 3. The van der Waals surface area contributed by atoms with Crippen LogP contribution < -0.4 is 10.1 Å². The molecule has 0 fully saturated rings. The van der Waals surface area contributed by atoms with Crippen LogP contribution in [0.2, 0.25) is 0 Å². The molecule has 1 N–H and O–H groups in total. The first-order valence-electron chi connectivity index (χ1n) is 8.64. The summed E-state index contributed by atoms with van der Waals surface area (Å²) in [7, 11) is 1.62. The van der Waals surface area contributed by atoms with Gasteiger partial charge in [-0.05, 0) is 55.2 Å². The zero-order chi connectivity index (χ0) is 19.2. The lowest BCUT2D eigenvalue weighted by Crippen LogP contribution is -2.27. The molecule has 1 amide bonds. The summed E-state index contributed by atoms with van der Waals surface area (Å²) in [6.07, 6.45) is 7.45. The molecule has 3 rings (SSSR count). The maximum absolute atomic E-state index is 13.1. The van der Waals surface area contributed by atoms with Crippen molar-refractivity contribution in [2.45, 2.75) is 19.8 Å². The topological polar surface area (TPSA) is 69.0 Å². The van der Waals surface area contributed by atoms with E-state index in [9.17, 15) is 9.18 Å². The third kappa shape index (κ3) is 4.49. The first-order chi connectivity index (χ1) is 13.1. The van der Waals surface area contributed by atoms with Crippen molar-refractivity contribution in [3.05, 3.63) is 71.8 Å². The molecule has 140 valence electrons. The number of hydrogen-bond donors (Lipinski definition) is 1. The van der Waals surface area contributed by atoms with Gasteiger partial charge >= 0.3 is 0 Å². The van der Waals surface area contributed by atoms with Crippen LogP contribution in [0.1, 0.15) is 28.2 Å². The van der Waals surface area contributed by atoms with Gasteiger partial charge in [-0.2, -0.15) is 0 Å².